The molecule has 4 saturated heterocycles. The third kappa shape index (κ3) is 7.35. The first-order valence-corrected chi connectivity index (χ1v) is 16.4. The SMILES string of the molecule is CO[C@@H]1O[C@@H](C)[C@H](OC2O[C@@H]3COB(c4ccccc4)O[C@H]3[C@H](OCc3ccccc3)[C@H]2OCc2ccccc2)[C@H]2OC(C)(C)O[C@@H]12. The third-order valence-electron chi connectivity index (χ3n) is 9.02. The summed E-state index contributed by atoms with van der Waals surface area (Å²) in [6.07, 6.45) is -5.65. The Kier molecular flexibility index (Phi) is 10.1. The van der Waals surface area contributed by atoms with Crippen LogP contribution in [0.15, 0.2) is 91.0 Å². The van der Waals surface area contributed by atoms with E-state index in [9.17, 15) is 0 Å². The zero-order valence-electron chi connectivity index (χ0n) is 27.2. The first-order valence-electron chi connectivity index (χ1n) is 16.4. The van der Waals surface area contributed by atoms with Gasteiger partial charge in [-0.25, -0.2) is 0 Å². The highest BCUT2D eigenvalue weighted by Crippen LogP contribution is 2.41. The van der Waals surface area contributed by atoms with Crippen molar-refractivity contribution < 1.29 is 47.2 Å². The van der Waals surface area contributed by atoms with Gasteiger partial charge in [0.05, 0.1) is 25.9 Å². The Morgan fingerprint density at radius 2 is 1.30 bits per heavy atom. The van der Waals surface area contributed by atoms with Gasteiger partial charge in [0, 0.05) is 7.11 Å². The summed E-state index contributed by atoms with van der Waals surface area (Å²) in [7, 11) is 1.02. The Morgan fingerprint density at radius 1 is 0.702 bits per heavy atom. The normalized spacial score (nSPS) is 34.9. The Balaban J connectivity index is 1.20. The highest BCUT2D eigenvalue weighted by atomic mass is 16.8. The third-order valence-corrected chi connectivity index (χ3v) is 9.02. The monoisotopic (exact) mass is 646 g/mol. The predicted octanol–water partition coefficient (Wildman–Crippen LogP) is 3.99. The van der Waals surface area contributed by atoms with Crippen LogP contribution in [0.4, 0.5) is 0 Å². The van der Waals surface area contributed by atoms with Gasteiger partial charge in [-0.1, -0.05) is 91.0 Å². The summed E-state index contributed by atoms with van der Waals surface area (Å²) in [6, 6.07) is 29.9. The van der Waals surface area contributed by atoms with E-state index in [1.165, 1.54) is 0 Å². The molecule has 4 aliphatic heterocycles. The van der Waals surface area contributed by atoms with Gasteiger partial charge in [-0.3, -0.25) is 0 Å². The maximum absolute atomic E-state index is 6.86. The van der Waals surface area contributed by atoms with E-state index in [0.29, 0.717) is 13.2 Å². The molecule has 4 heterocycles. The van der Waals surface area contributed by atoms with Crippen LogP contribution in [0.1, 0.15) is 31.9 Å². The fourth-order valence-corrected chi connectivity index (χ4v) is 6.78. The van der Waals surface area contributed by atoms with Crippen molar-refractivity contribution in [3.05, 3.63) is 102 Å². The Hall–Kier alpha value is -2.68. The molecule has 47 heavy (non-hydrogen) atoms. The van der Waals surface area contributed by atoms with Gasteiger partial charge in [0.2, 0.25) is 0 Å². The van der Waals surface area contributed by atoms with Crippen LogP contribution in [0.5, 0.6) is 0 Å². The maximum Gasteiger partial charge on any atom is 0.494 e. The van der Waals surface area contributed by atoms with E-state index in [4.69, 9.17) is 47.2 Å². The van der Waals surface area contributed by atoms with E-state index in [0.717, 1.165) is 16.6 Å². The van der Waals surface area contributed by atoms with E-state index in [1.807, 2.05) is 112 Å². The van der Waals surface area contributed by atoms with Crippen molar-refractivity contribution in [3.63, 3.8) is 0 Å². The molecular formula is C36H43BO10. The first kappa shape index (κ1) is 32.9. The molecule has 0 spiro atoms. The summed E-state index contributed by atoms with van der Waals surface area (Å²) in [5.41, 5.74) is 2.96. The number of hydrogen-bond acceptors (Lipinski definition) is 10. The number of hydrogen-bond donors (Lipinski definition) is 0. The zero-order chi connectivity index (χ0) is 32.4. The fraction of sp³-hybridized carbons (Fsp3) is 0.500. The summed E-state index contributed by atoms with van der Waals surface area (Å²) in [4.78, 5) is 0. The number of benzene rings is 3. The molecule has 10 atom stereocenters. The lowest BCUT2D eigenvalue weighted by molar-refractivity contribution is -0.356. The summed E-state index contributed by atoms with van der Waals surface area (Å²) >= 11 is 0. The topological polar surface area (TPSA) is 92.3 Å². The lowest BCUT2D eigenvalue weighted by Gasteiger charge is -2.50. The lowest BCUT2D eigenvalue weighted by atomic mass is 9.76. The molecule has 4 fully saturated rings. The van der Waals surface area contributed by atoms with Crippen LogP contribution < -0.4 is 5.46 Å². The molecule has 3 aromatic carbocycles. The second kappa shape index (κ2) is 14.4. The maximum atomic E-state index is 6.86. The van der Waals surface area contributed by atoms with Crippen LogP contribution in [0.3, 0.4) is 0 Å². The zero-order valence-corrected chi connectivity index (χ0v) is 27.2. The second-order valence-corrected chi connectivity index (χ2v) is 12.9. The lowest BCUT2D eigenvalue weighted by Crippen LogP contribution is -2.68. The van der Waals surface area contributed by atoms with Gasteiger partial charge in [0.25, 0.3) is 0 Å². The van der Waals surface area contributed by atoms with Crippen molar-refractivity contribution in [2.75, 3.05) is 13.7 Å². The van der Waals surface area contributed by atoms with E-state index in [2.05, 4.69) is 0 Å². The first-order chi connectivity index (χ1) is 22.9. The van der Waals surface area contributed by atoms with Crippen molar-refractivity contribution >= 4 is 12.6 Å². The van der Waals surface area contributed by atoms with Gasteiger partial charge in [-0.2, -0.15) is 0 Å². The van der Waals surface area contributed by atoms with Crippen molar-refractivity contribution in [3.8, 4) is 0 Å². The molecule has 7 rings (SSSR count). The Labute approximate surface area is 276 Å². The Bertz CT molecular complexity index is 1420. The summed E-state index contributed by atoms with van der Waals surface area (Å²) in [6.45, 7) is 6.63. The highest BCUT2D eigenvalue weighted by Gasteiger charge is 2.58. The van der Waals surface area contributed by atoms with Crippen molar-refractivity contribution in [1.82, 2.24) is 0 Å². The van der Waals surface area contributed by atoms with Gasteiger partial charge in [0.15, 0.2) is 18.4 Å². The summed E-state index contributed by atoms with van der Waals surface area (Å²) in [5.74, 6) is -0.846. The van der Waals surface area contributed by atoms with Crippen molar-refractivity contribution in [2.24, 2.45) is 0 Å². The smallest absolute Gasteiger partial charge is 0.404 e. The minimum atomic E-state index is -0.871. The quantitative estimate of drug-likeness (QED) is 0.301. The number of methoxy groups -OCH3 is 1. The van der Waals surface area contributed by atoms with Gasteiger partial charge in [0.1, 0.15) is 42.7 Å². The molecule has 250 valence electrons. The van der Waals surface area contributed by atoms with Crippen LogP contribution >= 0.6 is 0 Å². The number of fused-ring (bicyclic) bond motifs is 2. The van der Waals surface area contributed by atoms with Crippen LogP contribution in [-0.2, 0) is 60.4 Å². The minimum absolute atomic E-state index is 0.280. The molecule has 3 aromatic rings. The van der Waals surface area contributed by atoms with E-state index < -0.39 is 74.3 Å². The Morgan fingerprint density at radius 3 is 1.94 bits per heavy atom. The molecule has 1 unspecified atom stereocenters. The molecule has 10 nitrogen and oxygen atoms in total. The molecule has 0 aliphatic carbocycles. The van der Waals surface area contributed by atoms with Crippen LogP contribution in [0.25, 0.3) is 0 Å². The second-order valence-electron chi connectivity index (χ2n) is 12.9. The van der Waals surface area contributed by atoms with Gasteiger partial charge in [-0.05, 0) is 37.4 Å². The molecule has 0 amide bonds. The van der Waals surface area contributed by atoms with Crippen molar-refractivity contribution in [2.45, 2.75) is 101 Å². The van der Waals surface area contributed by atoms with Crippen LogP contribution in [0, 0.1) is 0 Å². The molecule has 0 N–H and O–H groups in total. The number of rotatable bonds is 10. The highest BCUT2D eigenvalue weighted by molar-refractivity contribution is 6.61. The standard InChI is InChI=1S/C36H43BO10/c1-23-28(31-33(34(38-4)42-23)46-36(2,3)45-31)44-35-32(40-21-25-16-10-6-11-17-25)30(39-20-24-14-8-5-9-15-24)29-27(43-35)22-41-37(47-29)26-18-12-7-13-19-26/h5-19,23,27-35H,20-22H2,1-4H3/t23-,27+,28-,29+,30-,31+,32+,33+,34+,35?/m0/s1. The summed E-state index contributed by atoms with van der Waals surface area (Å²) < 4.78 is 64.4. The van der Waals surface area contributed by atoms with Gasteiger partial charge in [-0.15, -0.1) is 0 Å². The van der Waals surface area contributed by atoms with Gasteiger partial charge < -0.3 is 47.2 Å². The average molecular weight is 647 g/mol. The molecular weight excluding hydrogens is 603 g/mol. The van der Waals surface area contributed by atoms with E-state index >= 15 is 0 Å². The van der Waals surface area contributed by atoms with Crippen molar-refractivity contribution in [1.29, 1.82) is 0 Å². The largest absolute Gasteiger partial charge is 0.494 e. The van der Waals surface area contributed by atoms with Gasteiger partial charge >= 0.3 is 7.12 Å². The molecule has 4 aliphatic rings. The molecule has 0 bridgehead atoms. The van der Waals surface area contributed by atoms with E-state index in [1.54, 1.807) is 7.11 Å². The van der Waals surface area contributed by atoms with Crippen LogP contribution in [-0.4, -0.2) is 88.0 Å². The number of ether oxygens (including phenoxy) is 8. The molecule has 0 aromatic heterocycles. The van der Waals surface area contributed by atoms with E-state index in [-0.39, 0.29) is 6.61 Å². The van der Waals surface area contributed by atoms with Crippen LogP contribution in [0.2, 0.25) is 0 Å². The predicted molar refractivity (Wildman–Crippen MR) is 171 cm³/mol. The molecule has 0 radical (unpaired) electrons. The average Bonchev–Trinajstić information content (AvgIpc) is 3.43. The minimum Gasteiger partial charge on any atom is -0.404 e. The molecule has 11 heteroatoms. The summed E-state index contributed by atoms with van der Waals surface area (Å²) in [5, 5.41) is 0. The fourth-order valence-electron chi connectivity index (χ4n) is 6.78. The molecule has 0 saturated carbocycles.